The molecule has 2 heterocycles. The molecule has 0 saturated carbocycles. The van der Waals surface area contributed by atoms with Gasteiger partial charge in [0.1, 0.15) is 5.76 Å². The molecule has 0 aliphatic carbocycles. The van der Waals surface area contributed by atoms with Crippen LogP contribution in [0.3, 0.4) is 0 Å². The van der Waals surface area contributed by atoms with Gasteiger partial charge in [-0.2, -0.15) is 0 Å². The van der Waals surface area contributed by atoms with Gasteiger partial charge in [-0.05, 0) is 38.1 Å². The molecule has 3 nitrogen and oxygen atoms in total. The highest BCUT2D eigenvalue weighted by Gasteiger charge is 2.14. The van der Waals surface area contributed by atoms with Gasteiger partial charge in [0.15, 0.2) is 0 Å². The normalized spacial score (nSPS) is 20.6. The lowest BCUT2D eigenvalue weighted by atomic mass is 10.2. The number of rotatable bonds is 4. The van der Waals surface area contributed by atoms with Crippen molar-refractivity contribution in [2.24, 2.45) is 0 Å². The molecule has 1 aliphatic heterocycles. The van der Waals surface area contributed by atoms with E-state index in [1.54, 1.807) is 6.26 Å². The average Bonchev–Trinajstić information content (AvgIpc) is 2.62. The lowest BCUT2D eigenvalue weighted by Gasteiger charge is -2.22. The maximum atomic E-state index is 9.96. The maximum absolute atomic E-state index is 9.96. The van der Waals surface area contributed by atoms with Gasteiger partial charge in [-0.25, -0.2) is 0 Å². The minimum atomic E-state index is -0.302. The number of aliphatic hydroxyl groups is 1. The second-order valence-corrected chi connectivity index (χ2v) is 4.65. The van der Waals surface area contributed by atoms with Crippen molar-refractivity contribution in [3.63, 3.8) is 0 Å². The highest BCUT2D eigenvalue weighted by molar-refractivity contribution is 4.99. The fourth-order valence-electron chi connectivity index (χ4n) is 2.34. The minimum Gasteiger partial charge on any atom is -0.469 e. The molecule has 1 aromatic rings. The third-order valence-electron chi connectivity index (χ3n) is 3.18. The number of likely N-dealkylation sites (tertiary alicyclic amines) is 1. The summed E-state index contributed by atoms with van der Waals surface area (Å²) >= 11 is 0. The summed E-state index contributed by atoms with van der Waals surface area (Å²) in [5, 5.41) is 9.96. The summed E-state index contributed by atoms with van der Waals surface area (Å²) < 4.78 is 5.24. The first-order valence-electron chi connectivity index (χ1n) is 6.27. The van der Waals surface area contributed by atoms with Crippen molar-refractivity contribution in [1.82, 2.24) is 4.90 Å². The zero-order valence-electron chi connectivity index (χ0n) is 9.77. The van der Waals surface area contributed by atoms with Gasteiger partial charge in [-0.15, -0.1) is 0 Å². The molecule has 90 valence electrons. The summed E-state index contributed by atoms with van der Waals surface area (Å²) in [6.45, 7) is 3.05. The summed E-state index contributed by atoms with van der Waals surface area (Å²) in [5.74, 6) is 0.877. The molecule has 2 rings (SSSR count). The van der Waals surface area contributed by atoms with Gasteiger partial charge in [-0.3, -0.25) is 0 Å². The number of furan rings is 1. The van der Waals surface area contributed by atoms with E-state index in [9.17, 15) is 5.11 Å². The Balaban J connectivity index is 1.75. The van der Waals surface area contributed by atoms with Crippen LogP contribution in [0.2, 0.25) is 0 Å². The second-order valence-electron chi connectivity index (χ2n) is 4.65. The van der Waals surface area contributed by atoms with Gasteiger partial charge in [0.2, 0.25) is 0 Å². The quantitative estimate of drug-likeness (QED) is 0.849. The van der Waals surface area contributed by atoms with Crippen molar-refractivity contribution < 1.29 is 9.52 Å². The molecule has 0 bridgehead atoms. The van der Waals surface area contributed by atoms with Crippen LogP contribution < -0.4 is 0 Å². The molecule has 0 spiro atoms. The van der Waals surface area contributed by atoms with E-state index in [1.165, 1.54) is 25.7 Å². The van der Waals surface area contributed by atoms with E-state index in [4.69, 9.17) is 4.42 Å². The van der Waals surface area contributed by atoms with E-state index in [1.807, 2.05) is 12.1 Å². The average molecular weight is 223 g/mol. The minimum absolute atomic E-state index is 0.302. The highest BCUT2D eigenvalue weighted by Crippen LogP contribution is 2.11. The lowest BCUT2D eigenvalue weighted by molar-refractivity contribution is 0.110. The molecule has 0 amide bonds. The highest BCUT2D eigenvalue weighted by atomic mass is 16.3. The van der Waals surface area contributed by atoms with Crippen LogP contribution in [0.4, 0.5) is 0 Å². The Morgan fingerprint density at radius 2 is 2.00 bits per heavy atom. The fourth-order valence-corrected chi connectivity index (χ4v) is 2.34. The lowest BCUT2D eigenvalue weighted by Crippen LogP contribution is -2.34. The van der Waals surface area contributed by atoms with E-state index < -0.39 is 0 Å². The Morgan fingerprint density at radius 1 is 1.25 bits per heavy atom. The molecule has 16 heavy (non-hydrogen) atoms. The number of β-amino-alcohol motifs (C(OH)–C–C–N with tert-alkyl or cyclic N) is 1. The molecule has 1 saturated heterocycles. The van der Waals surface area contributed by atoms with E-state index in [0.29, 0.717) is 6.42 Å². The third-order valence-corrected chi connectivity index (χ3v) is 3.18. The number of hydrogen-bond acceptors (Lipinski definition) is 3. The van der Waals surface area contributed by atoms with Crippen molar-refractivity contribution in [1.29, 1.82) is 0 Å². The largest absolute Gasteiger partial charge is 0.469 e. The standard InChI is InChI=1S/C13H21NO2/c15-12(10-13-6-5-9-16-13)11-14-7-3-1-2-4-8-14/h5-6,9,12,15H,1-4,7-8,10-11H2. The molecule has 1 atom stereocenters. The topological polar surface area (TPSA) is 36.6 Å². The van der Waals surface area contributed by atoms with Gasteiger partial charge < -0.3 is 14.4 Å². The van der Waals surface area contributed by atoms with Gasteiger partial charge in [0.25, 0.3) is 0 Å². The molecule has 1 aliphatic rings. The van der Waals surface area contributed by atoms with Crippen LogP contribution in [0.1, 0.15) is 31.4 Å². The summed E-state index contributed by atoms with van der Waals surface area (Å²) in [7, 11) is 0. The van der Waals surface area contributed by atoms with Crippen LogP contribution in [0.15, 0.2) is 22.8 Å². The monoisotopic (exact) mass is 223 g/mol. The Bertz CT molecular complexity index is 276. The van der Waals surface area contributed by atoms with Gasteiger partial charge in [-0.1, -0.05) is 12.8 Å². The van der Waals surface area contributed by atoms with Gasteiger partial charge in [0, 0.05) is 13.0 Å². The number of aliphatic hydroxyl groups excluding tert-OH is 1. The molecule has 0 radical (unpaired) electrons. The first kappa shape index (κ1) is 11.7. The molecular formula is C13H21NO2. The van der Waals surface area contributed by atoms with E-state index in [2.05, 4.69) is 4.90 Å². The van der Waals surface area contributed by atoms with Crippen LogP contribution >= 0.6 is 0 Å². The van der Waals surface area contributed by atoms with Crippen LogP contribution in [0.5, 0.6) is 0 Å². The SMILES string of the molecule is OC(Cc1ccco1)CN1CCCCCC1. The Hall–Kier alpha value is -0.800. The van der Waals surface area contributed by atoms with Crippen LogP contribution in [-0.4, -0.2) is 35.7 Å². The first-order valence-corrected chi connectivity index (χ1v) is 6.27. The number of hydrogen-bond donors (Lipinski definition) is 1. The molecule has 1 unspecified atom stereocenters. The van der Waals surface area contributed by atoms with Crippen LogP contribution in [-0.2, 0) is 6.42 Å². The zero-order valence-corrected chi connectivity index (χ0v) is 9.77. The maximum Gasteiger partial charge on any atom is 0.106 e. The Kier molecular flexibility index (Phi) is 4.43. The predicted octanol–water partition coefficient (Wildman–Crippen LogP) is 2.06. The summed E-state index contributed by atoms with van der Waals surface area (Å²) in [4.78, 5) is 2.38. The first-order chi connectivity index (χ1) is 7.84. The molecule has 3 heteroatoms. The van der Waals surface area contributed by atoms with Gasteiger partial charge in [0.05, 0.1) is 12.4 Å². The summed E-state index contributed by atoms with van der Waals surface area (Å²) in [5.41, 5.74) is 0. The fraction of sp³-hybridized carbons (Fsp3) is 0.692. The molecule has 0 aromatic carbocycles. The van der Waals surface area contributed by atoms with Crippen molar-refractivity contribution in [2.45, 2.75) is 38.2 Å². The van der Waals surface area contributed by atoms with Crippen molar-refractivity contribution >= 4 is 0 Å². The third kappa shape index (κ3) is 3.65. The zero-order chi connectivity index (χ0) is 11.2. The molecule has 1 fully saturated rings. The second kappa shape index (κ2) is 6.06. The van der Waals surface area contributed by atoms with Crippen molar-refractivity contribution in [3.8, 4) is 0 Å². The van der Waals surface area contributed by atoms with Crippen LogP contribution in [0, 0.1) is 0 Å². The van der Waals surface area contributed by atoms with Gasteiger partial charge >= 0.3 is 0 Å². The molecule has 1 N–H and O–H groups in total. The van der Waals surface area contributed by atoms with E-state index in [-0.39, 0.29) is 6.10 Å². The van der Waals surface area contributed by atoms with Crippen molar-refractivity contribution in [2.75, 3.05) is 19.6 Å². The van der Waals surface area contributed by atoms with Crippen LogP contribution in [0.25, 0.3) is 0 Å². The molecular weight excluding hydrogens is 202 g/mol. The summed E-state index contributed by atoms with van der Waals surface area (Å²) in [6, 6.07) is 3.79. The van der Waals surface area contributed by atoms with E-state index >= 15 is 0 Å². The molecule has 1 aromatic heterocycles. The Labute approximate surface area is 97.1 Å². The Morgan fingerprint density at radius 3 is 2.62 bits per heavy atom. The number of nitrogens with zero attached hydrogens (tertiary/aromatic N) is 1. The van der Waals surface area contributed by atoms with E-state index in [0.717, 1.165) is 25.4 Å². The smallest absolute Gasteiger partial charge is 0.106 e. The van der Waals surface area contributed by atoms with Crippen molar-refractivity contribution in [3.05, 3.63) is 24.2 Å². The predicted molar refractivity (Wildman–Crippen MR) is 63.3 cm³/mol. The summed E-state index contributed by atoms with van der Waals surface area (Å²) in [6.07, 6.45) is 7.21.